The average molecular weight is 206 g/mol. The molecule has 82 valence electrons. The number of nitrogens with zero attached hydrogens (tertiary/aromatic N) is 3. The number of anilines is 1. The molecule has 0 saturated carbocycles. The highest BCUT2D eigenvalue weighted by atomic mass is 15.2. The fourth-order valence-corrected chi connectivity index (χ4v) is 1.96. The number of hydrogen-bond acceptors (Lipinski definition) is 4. The molecular formula is C11H18N4. The standard InChI is InChI=1S/C11H18N4/c1-9-3-6-13-11(14-9)15(2)8-10-4-5-12-7-10/h3,6,10,12H,4-5,7-8H2,1-2H3/t10-/m1/s1. The lowest BCUT2D eigenvalue weighted by atomic mass is 10.1. The molecule has 2 rings (SSSR count). The summed E-state index contributed by atoms with van der Waals surface area (Å²) in [5.41, 5.74) is 1.02. The van der Waals surface area contributed by atoms with Gasteiger partial charge in [-0.05, 0) is 38.4 Å². The molecule has 1 atom stereocenters. The Balaban J connectivity index is 1.97. The van der Waals surface area contributed by atoms with Crippen molar-refractivity contribution >= 4 is 5.95 Å². The monoisotopic (exact) mass is 206 g/mol. The lowest BCUT2D eigenvalue weighted by Crippen LogP contribution is -2.28. The number of rotatable bonds is 3. The Morgan fingerprint density at radius 3 is 3.13 bits per heavy atom. The van der Waals surface area contributed by atoms with Crippen LogP contribution < -0.4 is 10.2 Å². The molecule has 0 unspecified atom stereocenters. The number of aryl methyl sites for hydroxylation is 1. The minimum atomic E-state index is 0.735. The van der Waals surface area contributed by atoms with Gasteiger partial charge in [-0.25, -0.2) is 9.97 Å². The molecule has 1 aliphatic heterocycles. The predicted octanol–water partition coefficient (Wildman–Crippen LogP) is 0.831. The third kappa shape index (κ3) is 2.65. The summed E-state index contributed by atoms with van der Waals surface area (Å²) in [6.07, 6.45) is 3.08. The summed E-state index contributed by atoms with van der Waals surface area (Å²) in [6, 6.07) is 1.93. The molecule has 1 saturated heterocycles. The first-order valence-corrected chi connectivity index (χ1v) is 5.47. The lowest BCUT2D eigenvalue weighted by Gasteiger charge is -2.20. The summed E-state index contributed by atoms with van der Waals surface area (Å²) in [6.45, 7) is 5.30. The minimum absolute atomic E-state index is 0.735. The second kappa shape index (κ2) is 4.57. The third-order valence-electron chi connectivity index (χ3n) is 2.82. The Labute approximate surface area is 90.7 Å². The maximum Gasteiger partial charge on any atom is 0.225 e. The van der Waals surface area contributed by atoms with E-state index in [1.54, 1.807) is 0 Å². The third-order valence-corrected chi connectivity index (χ3v) is 2.82. The second-order valence-corrected chi connectivity index (χ2v) is 4.24. The van der Waals surface area contributed by atoms with E-state index in [0.29, 0.717) is 0 Å². The van der Waals surface area contributed by atoms with Gasteiger partial charge in [0.15, 0.2) is 0 Å². The smallest absolute Gasteiger partial charge is 0.225 e. The quantitative estimate of drug-likeness (QED) is 0.795. The van der Waals surface area contributed by atoms with Crippen molar-refractivity contribution in [2.45, 2.75) is 13.3 Å². The van der Waals surface area contributed by atoms with Crippen LogP contribution in [0.3, 0.4) is 0 Å². The van der Waals surface area contributed by atoms with Crippen LogP contribution in [0.15, 0.2) is 12.3 Å². The minimum Gasteiger partial charge on any atom is -0.344 e. The van der Waals surface area contributed by atoms with Gasteiger partial charge < -0.3 is 10.2 Å². The first-order chi connectivity index (χ1) is 7.25. The van der Waals surface area contributed by atoms with Gasteiger partial charge in [0.05, 0.1) is 0 Å². The van der Waals surface area contributed by atoms with Gasteiger partial charge in [-0.3, -0.25) is 0 Å². The molecule has 1 aromatic heterocycles. The highest BCUT2D eigenvalue weighted by Gasteiger charge is 2.17. The molecule has 15 heavy (non-hydrogen) atoms. The summed E-state index contributed by atoms with van der Waals surface area (Å²) in [5, 5.41) is 3.37. The van der Waals surface area contributed by atoms with E-state index in [4.69, 9.17) is 0 Å². The van der Waals surface area contributed by atoms with E-state index in [1.807, 2.05) is 19.2 Å². The Kier molecular flexibility index (Phi) is 3.16. The van der Waals surface area contributed by atoms with Crippen molar-refractivity contribution < 1.29 is 0 Å². The fourth-order valence-electron chi connectivity index (χ4n) is 1.96. The van der Waals surface area contributed by atoms with Crippen LogP contribution in [0.2, 0.25) is 0 Å². The van der Waals surface area contributed by atoms with Gasteiger partial charge in [-0.1, -0.05) is 0 Å². The molecule has 4 nitrogen and oxygen atoms in total. The zero-order valence-electron chi connectivity index (χ0n) is 9.40. The van der Waals surface area contributed by atoms with Crippen molar-refractivity contribution in [1.82, 2.24) is 15.3 Å². The predicted molar refractivity (Wildman–Crippen MR) is 61.0 cm³/mol. The zero-order valence-corrected chi connectivity index (χ0v) is 9.40. The summed E-state index contributed by atoms with van der Waals surface area (Å²) < 4.78 is 0. The van der Waals surface area contributed by atoms with Crippen LogP contribution in [0.5, 0.6) is 0 Å². The van der Waals surface area contributed by atoms with Gasteiger partial charge in [-0.15, -0.1) is 0 Å². The topological polar surface area (TPSA) is 41.1 Å². The van der Waals surface area contributed by atoms with Crippen LogP contribution in [-0.4, -0.2) is 36.6 Å². The van der Waals surface area contributed by atoms with Crippen LogP contribution in [0, 0.1) is 12.8 Å². The molecule has 2 heterocycles. The van der Waals surface area contributed by atoms with E-state index in [1.165, 1.54) is 6.42 Å². The zero-order chi connectivity index (χ0) is 10.7. The summed E-state index contributed by atoms with van der Waals surface area (Å²) in [7, 11) is 2.06. The molecule has 0 amide bonds. The van der Waals surface area contributed by atoms with Crippen LogP contribution in [0.1, 0.15) is 12.1 Å². The van der Waals surface area contributed by atoms with Gasteiger partial charge in [0.2, 0.25) is 5.95 Å². The Morgan fingerprint density at radius 2 is 2.47 bits per heavy atom. The van der Waals surface area contributed by atoms with Gasteiger partial charge in [-0.2, -0.15) is 0 Å². The van der Waals surface area contributed by atoms with Gasteiger partial charge in [0, 0.05) is 25.5 Å². The lowest BCUT2D eigenvalue weighted by molar-refractivity contribution is 0.572. The molecule has 0 bridgehead atoms. The van der Waals surface area contributed by atoms with Crippen molar-refractivity contribution in [2.24, 2.45) is 5.92 Å². The van der Waals surface area contributed by atoms with Crippen LogP contribution in [0.4, 0.5) is 5.95 Å². The first kappa shape index (κ1) is 10.4. The van der Waals surface area contributed by atoms with E-state index < -0.39 is 0 Å². The van der Waals surface area contributed by atoms with E-state index >= 15 is 0 Å². The molecule has 1 aromatic rings. The Morgan fingerprint density at radius 1 is 1.60 bits per heavy atom. The van der Waals surface area contributed by atoms with E-state index in [9.17, 15) is 0 Å². The molecule has 0 aliphatic carbocycles. The van der Waals surface area contributed by atoms with Crippen LogP contribution in [0.25, 0.3) is 0 Å². The van der Waals surface area contributed by atoms with E-state index in [2.05, 4.69) is 27.2 Å². The second-order valence-electron chi connectivity index (χ2n) is 4.24. The van der Waals surface area contributed by atoms with Gasteiger partial charge in [0.25, 0.3) is 0 Å². The van der Waals surface area contributed by atoms with Crippen molar-refractivity contribution in [3.05, 3.63) is 18.0 Å². The number of nitrogens with one attached hydrogen (secondary N) is 1. The first-order valence-electron chi connectivity index (χ1n) is 5.47. The maximum atomic E-state index is 4.41. The summed E-state index contributed by atoms with van der Waals surface area (Å²) in [5.74, 6) is 1.57. The molecule has 0 radical (unpaired) electrons. The number of hydrogen-bond donors (Lipinski definition) is 1. The molecule has 1 aliphatic rings. The van der Waals surface area contributed by atoms with Crippen molar-refractivity contribution in [3.8, 4) is 0 Å². The molecule has 0 spiro atoms. The molecule has 0 aromatic carbocycles. The fraction of sp³-hybridized carbons (Fsp3) is 0.636. The van der Waals surface area contributed by atoms with E-state index in [-0.39, 0.29) is 0 Å². The molecular weight excluding hydrogens is 188 g/mol. The Bertz CT molecular complexity index is 320. The van der Waals surface area contributed by atoms with Crippen LogP contribution >= 0.6 is 0 Å². The largest absolute Gasteiger partial charge is 0.344 e. The molecule has 1 fully saturated rings. The highest BCUT2D eigenvalue weighted by Crippen LogP contribution is 2.12. The van der Waals surface area contributed by atoms with Crippen LogP contribution in [-0.2, 0) is 0 Å². The van der Waals surface area contributed by atoms with Crippen molar-refractivity contribution in [3.63, 3.8) is 0 Å². The SMILES string of the molecule is Cc1ccnc(N(C)C[C@@H]2CCNC2)n1. The summed E-state index contributed by atoms with van der Waals surface area (Å²) >= 11 is 0. The molecule has 4 heteroatoms. The average Bonchev–Trinajstić information content (AvgIpc) is 2.70. The Hall–Kier alpha value is -1.16. The van der Waals surface area contributed by atoms with Crippen molar-refractivity contribution in [1.29, 1.82) is 0 Å². The van der Waals surface area contributed by atoms with E-state index in [0.717, 1.165) is 37.2 Å². The van der Waals surface area contributed by atoms with Crippen molar-refractivity contribution in [2.75, 3.05) is 31.6 Å². The van der Waals surface area contributed by atoms with Gasteiger partial charge in [0.1, 0.15) is 0 Å². The van der Waals surface area contributed by atoms with Gasteiger partial charge >= 0.3 is 0 Å². The summed E-state index contributed by atoms with van der Waals surface area (Å²) in [4.78, 5) is 10.8. The number of aromatic nitrogens is 2. The molecule has 1 N–H and O–H groups in total. The normalized spacial score (nSPS) is 20.5. The highest BCUT2D eigenvalue weighted by molar-refractivity contribution is 5.28. The maximum absolute atomic E-state index is 4.41.